The molecule has 0 bridgehead atoms. The molecule has 0 saturated heterocycles. The van der Waals surface area contributed by atoms with E-state index in [2.05, 4.69) is 10.3 Å². The van der Waals surface area contributed by atoms with E-state index in [0.29, 0.717) is 16.2 Å². The molecule has 2 aromatic rings. The number of aromatic nitrogens is 1. The maximum Gasteiger partial charge on any atom is 0.425 e. The highest BCUT2D eigenvalue weighted by molar-refractivity contribution is 7.94. The maximum atomic E-state index is 14.5. The van der Waals surface area contributed by atoms with Crippen molar-refractivity contribution in [3.05, 3.63) is 47.8 Å². The number of anilines is 1. The third-order valence-corrected chi connectivity index (χ3v) is 10.4. The van der Waals surface area contributed by atoms with Gasteiger partial charge in [-0.15, -0.1) is 0 Å². The lowest BCUT2D eigenvalue weighted by atomic mass is 9.86. The molecule has 1 aromatic heterocycles. The van der Waals surface area contributed by atoms with Gasteiger partial charge in [-0.2, -0.15) is 4.90 Å². The van der Waals surface area contributed by atoms with Crippen LogP contribution in [0.1, 0.15) is 84.8 Å². The molecule has 4 rings (SSSR count). The molecule has 14 heteroatoms. The molecule has 45 heavy (non-hydrogen) atoms. The number of benzene rings is 1. The summed E-state index contributed by atoms with van der Waals surface area (Å²) in [5.74, 6) is -0.733. The molecule has 0 saturated carbocycles. The fourth-order valence-corrected chi connectivity index (χ4v) is 7.48. The number of fused-ring (bicyclic) bond motifs is 3. The van der Waals surface area contributed by atoms with Crippen LogP contribution in [-0.2, 0) is 24.8 Å². The molecule has 2 unspecified atom stereocenters. The Bertz CT molecular complexity index is 1630. The molecule has 244 valence electrons. The summed E-state index contributed by atoms with van der Waals surface area (Å²) in [6.45, 7) is 14.1. The van der Waals surface area contributed by atoms with Gasteiger partial charge in [-0.1, -0.05) is 0 Å². The second kappa shape index (κ2) is 11.3. The van der Waals surface area contributed by atoms with E-state index in [9.17, 15) is 27.9 Å². The summed E-state index contributed by atoms with van der Waals surface area (Å²) in [6, 6.07) is 7.39. The summed E-state index contributed by atoms with van der Waals surface area (Å²) in [5.41, 5.74) is -3.03. The molecule has 1 aromatic carbocycles. The number of aromatic hydroxyl groups is 1. The predicted octanol–water partition coefficient (Wildman–Crippen LogP) is 5.18. The second-order valence-electron chi connectivity index (χ2n) is 13.6. The van der Waals surface area contributed by atoms with Gasteiger partial charge in [-0.3, -0.25) is 9.79 Å². The lowest BCUT2D eigenvalue weighted by molar-refractivity contribution is 0.0138. The highest BCUT2D eigenvalue weighted by atomic mass is 32.2. The highest BCUT2D eigenvalue weighted by Crippen LogP contribution is 2.49. The van der Waals surface area contributed by atoms with Gasteiger partial charge in [-0.05, 0) is 92.6 Å². The maximum absolute atomic E-state index is 14.5. The van der Waals surface area contributed by atoms with Crippen molar-refractivity contribution in [1.29, 1.82) is 0 Å². The number of rotatable bonds is 2. The van der Waals surface area contributed by atoms with Crippen LogP contribution in [0.5, 0.6) is 11.5 Å². The van der Waals surface area contributed by atoms with Gasteiger partial charge < -0.3 is 24.6 Å². The van der Waals surface area contributed by atoms with Crippen LogP contribution in [0.25, 0.3) is 0 Å². The minimum Gasteiger partial charge on any atom is -0.506 e. The summed E-state index contributed by atoms with van der Waals surface area (Å²) in [7, 11) is -4.21. The monoisotopic (exact) mass is 644 g/mol. The molecule has 0 fully saturated rings. The molecule has 2 atom stereocenters. The average Bonchev–Trinajstić information content (AvgIpc) is 3.02. The van der Waals surface area contributed by atoms with Gasteiger partial charge in [0.15, 0.2) is 9.84 Å². The Morgan fingerprint density at radius 2 is 1.60 bits per heavy atom. The van der Waals surface area contributed by atoms with E-state index in [0.717, 1.165) is 6.20 Å². The highest BCUT2D eigenvalue weighted by Gasteiger charge is 2.61. The third kappa shape index (κ3) is 6.60. The summed E-state index contributed by atoms with van der Waals surface area (Å²) in [5, 5.41) is 11.1. The Kier molecular flexibility index (Phi) is 8.46. The Labute approximate surface area is 262 Å². The van der Waals surface area contributed by atoms with Crippen molar-refractivity contribution in [2.75, 3.05) is 11.9 Å². The molecule has 13 nitrogen and oxygen atoms in total. The molecule has 0 radical (unpaired) electrons. The Balaban J connectivity index is 1.91. The second-order valence-corrected chi connectivity index (χ2v) is 16.3. The van der Waals surface area contributed by atoms with E-state index >= 15 is 0 Å². The zero-order chi connectivity index (χ0) is 33.8. The molecule has 3 amide bonds. The molecule has 0 spiro atoms. The first-order valence-electron chi connectivity index (χ1n) is 14.4. The van der Waals surface area contributed by atoms with Crippen LogP contribution < -0.4 is 10.1 Å². The molecule has 2 N–H and O–H groups in total. The van der Waals surface area contributed by atoms with Gasteiger partial charge in [0, 0.05) is 17.7 Å². The number of ether oxygens (including phenoxy) is 3. The summed E-state index contributed by atoms with van der Waals surface area (Å²) in [6.07, 6.45) is -1.09. The van der Waals surface area contributed by atoms with E-state index in [-0.39, 0.29) is 36.0 Å². The van der Waals surface area contributed by atoms with Gasteiger partial charge in [0.05, 0.1) is 18.1 Å². The molecule has 2 aliphatic heterocycles. The Morgan fingerprint density at radius 3 is 2.13 bits per heavy atom. The first-order chi connectivity index (χ1) is 20.6. The number of carbonyl (C=O) groups excluding carboxylic acids is 3. The number of carbonyl (C=O) groups is 3. The Morgan fingerprint density at radius 1 is 1.00 bits per heavy atom. The van der Waals surface area contributed by atoms with Crippen molar-refractivity contribution in [2.24, 2.45) is 4.99 Å². The lowest BCUT2D eigenvalue weighted by Crippen LogP contribution is -2.64. The third-order valence-electron chi connectivity index (χ3n) is 7.35. The van der Waals surface area contributed by atoms with Crippen LogP contribution >= 0.6 is 0 Å². The lowest BCUT2D eigenvalue weighted by Gasteiger charge is -2.46. The standard InChI is InChI=1S/C31H40N4O9S/c1-28(2,3)43-26(38)35(27(39)44-29(4,5)6)25-30(7,8)45(40,41)23-14-15-42-22-13-10-18(16-20(22)31(23,9)34-25)33-24(37)21-12-11-19(36)17-32-21/h10-13,16-17,23,36H,14-15H2,1-9H3,(H,33,37). The number of nitrogens with zero attached hydrogens (tertiary/aromatic N) is 3. The van der Waals surface area contributed by atoms with Gasteiger partial charge in [0.1, 0.15) is 44.5 Å². The van der Waals surface area contributed by atoms with E-state index in [1.165, 1.54) is 26.0 Å². The number of imide groups is 1. The number of pyridine rings is 1. The first kappa shape index (κ1) is 33.7. The summed E-state index contributed by atoms with van der Waals surface area (Å²) < 4.78 is 44.2. The fraction of sp³-hybridized carbons (Fsp3) is 0.516. The van der Waals surface area contributed by atoms with Crippen LogP contribution in [-0.4, -0.2) is 75.1 Å². The van der Waals surface area contributed by atoms with E-state index in [1.807, 2.05) is 0 Å². The Hall–Kier alpha value is -4.20. The average molecular weight is 645 g/mol. The molecule has 3 heterocycles. The van der Waals surface area contributed by atoms with Crippen molar-refractivity contribution < 1.29 is 42.1 Å². The van der Waals surface area contributed by atoms with Crippen molar-refractivity contribution >= 4 is 39.5 Å². The number of amidine groups is 1. The quantitative estimate of drug-likeness (QED) is 0.443. The van der Waals surface area contributed by atoms with Gasteiger partial charge in [0.25, 0.3) is 5.91 Å². The fourth-order valence-electron chi connectivity index (χ4n) is 5.18. The van der Waals surface area contributed by atoms with Crippen LogP contribution in [0.15, 0.2) is 41.5 Å². The number of amides is 3. The minimum atomic E-state index is -4.21. The zero-order valence-corrected chi connectivity index (χ0v) is 27.7. The summed E-state index contributed by atoms with van der Waals surface area (Å²) >= 11 is 0. The van der Waals surface area contributed by atoms with E-state index in [4.69, 9.17) is 19.2 Å². The number of hydrogen-bond donors (Lipinski definition) is 2. The number of hydrogen-bond acceptors (Lipinski definition) is 11. The smallest absolute Gasteiger partial charge is 0.425 e. The van der Waals surface area contributed by atoms with Crippen LogP contribution in [0.3, 0.4) is 0 Å². The van der Waals surface area contributed by atoms with Crippen molar-refractivity contribution in [2.45, 2.75) is 95.5 Å². The first-order valence-corrected chi connectivity index (χ1v) is 15.9. The van der Waals surface area contributed by atoms with Crippen molar-refractivity contribution in [3.8, 4) is 11.5 Å². The van der Waals surface area contributed by atoms with Crippen LogP contribution in [0, 0.1) is 0 Å². The van der Waals surface area contributed by atoms with Crippen LogP contribution in [0.2, 0.25) is 0 Å². The van der Waals surface area contributed by atoms with E-state index in [1.54, 1.807) is 66.7 Å². The molecular weight excluding hydrogens is 604 g/mol. The largest absolute Gasteiger partial charge is 0.506 e. The number of sulfone groups is 1. The number of nitrogens with one attached hydrogen (secondary N) is 1. The minimum absolute atomic E-state index is 0.0377. The van der Waals surface area contributed by atoms with E-state index < -0.39 is 54.7 Å². The van der Waals surface area contributed by atoms with Crippen molar-refractivity contribution in [1.82, 2.24) is 9.88 Å². The number of aliphatic imine (C=N–C) groups is 1. The normalized spacial score (nSPS) is 21.9. The molecular formula is C31H40N4O9S. The van der Waals surface area contributed by atoms with Gasteiger partial charge in [-0.25, -0.2) is 23.0 Å². The van der Waals surface area contributed by atoms with Gasteiger partial charge in [0.2, 0.25) is 0 Å². The topological polar surface area (TPSA) is 174 Å². The SMILES string of the molecule is CC(C)(C)OC(=O)N(C(=O)OC(C)(C)C)C1=NC2(C)c3cc(NC(=O)c4ccc(O)cn4)ccc3OCCC2S(=O)(=O)C1(C)C. The predicted molar refractivity (Wildman–Crippen MR) is 166 cm³/mol. The van der Waals surface area contributed by atoms with Gasteiger partial charge >= 0.3 is 12.2 Å². The van der Waals surface area contributed by atoms with Crippen molar-refractivity contribution in [3.63, 3.8) is 0 Å². The zero-order valence-electron chi connectivity index (χ0n) is 26.9. The van der Waals surface area contributed by atoms with Crippen LogP contribution in [0.4, 0.5) is 15.3 Å². The molecule has 2 aliphatic rings. The summed E-state index contributed by atoms with van der Waals surface area (Å²) in [4.78, 5) is 49.6. The molecule has 0 aliphatic carbocycles.